The largest absolute Gasteiger partial charge is 0.481 e. The molecule has 114 valence electrons. The second-order valence-electron chi connectivity index (χ2n) is 4.96. The van der Waals surface area contributed by atoms with E-state index in [0.29, 0.717) is 13.0 Å². The number of rotatable bonds is 6. The van der Waals surface area contributed by atoms with Crippen LogP contribution in [0.15, 0.2) is 0 Å². The highest BCUT2D eigenvalue weighted by molar-refractivity contribution is 5.83. The Morgan fingerprint density at radius 2 is 2.05 bits per heavy atom. The maximum Gasteiger partial charge on any atom is 0.328 e. The highest BCUT2D eigenvalue weighted by atomic mass is 16.5. The summed E-state index contributed by atoms with van der Waals surface area (Å²) in [5, 5.41) is 14.1. The zero-order chi connectivity index (χ0) is 15.1. The van der Waals surface area contributed by atoms with E-state index < -0.39 is 29.9 Å². The number of hydrogen-bond acceptors (Lipinski definition) is 4. The van der Waals surface area contributed by atoms with Crippen LogP contribution in [0.1, 0.15) is 33.1 Å². The van der Waals surface area contributed by atoms with Crippen LogP contribution in [0.25, 0.3) is 0 Å². The van der Waals surface area contributed by atoms with Crippen molar-refractivity contribution >= 4 is 18.0 Å². The molecule has 0 bridgehead atoms. The fraction of sp³-hybridized carbons (Fsp3) is 0.769. The molecule has 3 N–H and O–H groups in total. The quantitative estimate of drug-likeness (QED) is 0.625. The van der Waals surface area contributed by atoms with Gasteiger partial charge >= 0.3 is 18.0 Å². The van der Waals surface area contributed by atoms with Gasteiger partial charge in [0, 0.05) is 6.54 Å². The van der Waals surface area contributed by atoms with Crippen LogP contribution in [0.3, 0.4) is 0 Å². The third-order valence-corrected chi connectivity index (χ3v) is 3.49. The summed E-state index contributed by atoms with van der Waals surface area (Å²) in [7, 11) is 0. The Hall–Kier alpha value is -1.79. The van der Waals surface area contributed by atoms with Crippen molar-refractivity contribution in [2.24, 2.45) is 11.8 Å². The molecule has 1 saturated carbocycles. The molecule has 0 aromatic heterocycles. The molecule has 0 heterocycles. The van der Waals surface area contributed by atoms with Gasteiger partial charge in [-0.25, -0.2) is 9.59 Å². The summed E-state index contributed by atoms with van der Waals surface area (Å²) < 4.78 is 4.77. The number of carboxylic acids is 1. The van der Waals surface area contributed by atoms with Gasteiger partial charge in [-0.3, -0.25) is 4.79 Å². The summed E-state index contributed by atoms with van der Waals surface area (Å²) in [6.45, 7) is 3.79. The third-order valence-electron chi connectivity index (χ3n) is 3.49. The summed E-state index contributed by atoms with van der Waals surface area (Å²) in [6, 6.07) is -1.21. The number of carboxylic acid groups (broad SMARTS) is 1. The van der Waals surface area contributed by atoms with Gasteiger partial charge in [-0.05, 0) is 32.6 Å². The number of carbonyl (C=O) groups excluding carboxylic acids is 2. The van der Waals surface area contributed by atoms with E-state index in [1.165, 1.54) is 6.92 Å². The highest BCUT2D eigenvalue weighted by Gasteiger charge is 2.33. The van der Waals surface area contributed by atoms with Crippen LogP contribution in [-0.4, -0.2) is 42.3 Å². The van der Waals surface area contributed by atoms with E-state index in [1.54, 1.807) is 6.92 Å². The van der Waals surface area contributed by atoms with Gasteiger partial charge in [0.25, 0.3) is 0 Å². The maximum atomic E-state index is 11.6. The summed E-state index contributed by atoms with van der Waals surface area (Å²) in [5.41, 5.74) is 0. The first kappa shape index (κ1) is 16.3. The monoisotopic (exact) mass is 286 g/mol. The lowest BCUT2D eigenvalue weighted by Gasteiger charge is -2.18. The lowest BCUT2D eigenvalue weighted by atomic mass is 9.96. The Morgan fingerprint density at radius 3 is 2.65 bits per heavy atom. The van der Waals surface area contributed by atoms with Gasteiger partial charge in [-0.15, -0.1) is 0 Å². The smallest absolute Gasteiger partial charge is 0.328 e. The van der Waals surface area contributed by atoms with Crippen molar-refractivity contribution in [1.82, 2.24) is 10.6 Å². The van der Waals surface area contributed by atoms with Crippen LogP contribution in [0.4, 0.5) is 4.79 Å². The highest BCUT2D eigenvalue weighted by Crippen LogP contribution is 2.31. The number of amides is 2. The number of nitrogens with one attached hydrogen (secondary N) is 2. The number of esters is 1. The van der Waals surface area contributed by atoms with Crippen molar-refractivity contribution in [3.05, 3.63) is 0 Å². The van der Waals surface area contributed by atoms with E-state index in [9.17, 15) is 14.4 Å². The molecule has 1 fully saturated rings. The average Bonchev–Trinajstić information content (AvgIpc) is 2.85. The molecule has 0 saturated heterocycles. The zero-order valence-electron chi connectivity index (χ0n) is 11.8. The number of urea groups is 1. The van der Waals surface area contributed by atoms with Gasteiger partial charge in [0.05, 0.1) is 12.5 Å². The summed E-state index contributed by atoms with van der Waals surface area (Å²) in [5.74, 6) is -1.74. The average molecular weight is 286 g/mol. The first-order chi connectivity index (χ1) is 9.45. The fourth-order valence-electron chi connectivity index (χ4n) is 2.40. The number of hydrogen-bond donors (Lipinski definition) is 3. The molecule has 20 heavy (non-hydrogen) atoms. The molecule has 0 aromatic rings. The predicted octanol–water partition coefficient (Wildman–Crippen LogP) is 0.738. The lowest BCUT2D eigenvalue weighted by molar-refractivity contribution is -0.145. The van der Waals surface area contributed by atoms with E-state index in [2.05, 4.69) is 10.6 Å². The molecule has 1 rings (SSSR count). The van der Waals surface area contributed by atoms with Gasteiger partial charge < -0.3 is 20.5 Å². The van der Waals surface area contributed by atoms with Crippen LogP contribution in [0.2, 0.25) is 0 Å². The topological polar surface area (TPSA) is 105 Å². The van der Waals surface area contributed by atoms with Crippen molar-refractivity contribution in [3.63, 3.8) is 0 Å². The Balaban J connectivity index is 2.32. The van der Waals surface area contributed by atoms with Crippen LogP contribution >= 0.6 is 0 Å². The van der Waals surface area contributed by atoms with Crippen LogP contribution in [-0.2, 0) is 14.3 Å². The van der Waals surface area contributed by atoms with Gasteiger partial charge in [-0.1, -0.05) is 6.42 Å². The maximum absolute atomic E-state index is 11.6. The van der Waals surface area contributed by atoms with Crippen LogP contribution in [0.5, 0.6) is 0 Å². The molecule has 1 aliphatic rings. The molecule has 7 heteroatoms. The molecule has 3 atom stereocenters. The summed E-state index contributed by atoms with van der Waals surface area (Å²) in [6.07, 6.45) is 2.32. The fourth-order valence-corrected chi connectivity index (χ4v) is 2.40. The van der Waals surface area contributed by atoms with Crippen molar-refractivity contribution < 1.29 is 24.2 Å². The van der Waals surface area contributed by atoms with E-state index in [1.807, 2.05) is 0 Å². The second kappa shape index (κ2) is 7.72. The van der Waals surface area contributed by atoms with E-state index in [4.69, 9.17) is 9.84 Å². The van der Waals surface area contributed by atoms with E-state index in [-0.39, 0.29) is 12.5 Å². The molecule has 0 aliphatic heterocycles. The van der Waals surface area contributed by atoms with Gasteiger partial charge in [0.1, 0.15) is 6.04 Å². The molecule has 0 radical (unpaired) electrons. The molecule has 0 spiro atoms. The molecule has 2 amide bonds. The normalized spacial score (nSPS) is 22.9. The lowest BCUT2D eigenvalue weighted by Crippen LogP contribution is -2.46. The number of carbonyl (C=O) groups is 3. The minimum absolute atomic E-state index is 0.0452. The Bertz CT molecular complexity index is 372. The summed E-state index contributed by atoms with van der Waals surface area (Å²) in [4.78, 5) is 34.0. The minimum atomic E-state index is -0.811. The molecule has 7 nitrogen and oxygen atoms in total. The van der Waals surface area contributed by atoms with E-state index in [0.717, 1.165) is 12.8 Å². The Labute approximate surface area is 118 Å². The van der Waals surface area contributed by atoms with E-state index >= 15 is 0 Å². The van der Waals surface area contributed by atoms with Crippen LogP contribution in [0, 0.1) is 11.8 Å². The Morgan fingerprint density at radius 1 is 1.35 bits per heavy atom. The molecule has 1 aliphatic carbocycles. The van der Waals surface area contributed by atoms with Crippen LogP contribution < -0.4 is 10.6 Å². The zero-order valence-corrected chi connectivity index (χ0v) is 11.8. The predicted molar refractivity (Wildman–Crippen MR) is 71.1 cm³/mol. The van der Waals surface area contributed by atoms with Gasteiger partial charge in [0.2, 0.25) is 0 Å². The van der Waals surface area contributed by atoms with Crippen molar-refractivity contribution in [2.75, 3.05) is 13.2 Å². The first-order valence-corrected chi connectivity index (χ1v) is 6.89. The number of aliphatic carboxylic acids is 1. The van der Waals surface area contributed by atoms with Gasteiger partial charge in [-0.2, -0.15) is 0 Å². The molecule has 3 unspecified atom stereocenters. The third kappa shape index (κ3) is 4.71. The minimum Gasteiger partial charge on any atom is -0.481 e. The van der Waals surface area contributed by atoms with Crippen molar-refractivity contribution in [3.8, 4) is 0 Å². The Kier molecular flexibility index (Phi) is 6.27. The first-order valence-electron chi connectivity index (χ1n) is 6.89. The van der Waals surface area contributed by atoms with Gasteiger partial charge in [0.15, 0.2) is 0 Å². The van der Waals surface area contributed by atoms with Crippen molar-refractivity contribution in [2.45, 2.75) is 39.2 Å². The molecular formula is C13H22N2O5. The summed E-state index contributed by atoms with van der Waals surface area (Å²) >= 11 is 0. The SMILES string of the molecule is CCOC(=O)C(C)NC(=O)NCC1CCCC1C(=O)O. The molecular weight excluding hydrogens is 264 g/mol. The van der Waals surface area contributed by atoms with Crippen molar-refractivity contribution in [1.29, 1.82) is 0 Å². The second-order valence-corrected chi connectivity index (χ2v) is 4.96. The standard InChI is InChI=1S/C13H22N2O5/c1-3-20-12(18)8(2)15-13(19)14-7-9-5-4-6-10(9)11(16)17/h8-10H,3-7H2,1-2H3,(H,16,17)(H2,14,15,19). The molecule has 0 aromatic carbocycles. The number of ether oxygens (including phenoxy) is 1.